The first-order chi connectivity index (χ1) is 13.9. The minimum Gasteiger partial charge on any atom is -0.507 e. The Morgan fingerprint density at radius 1 is 1.00 bits per heavy atom. The lowest BCUT2D eigenvalue weighted by Gasteiger charge is -2.21. The molecule has 1 amide bonds. The lowest BCUT2D eigenvalue weighted by Crippen LogP contribution is -2.21. The van der Waals surface area contributed by atoms with Crippen LogP contribution in [0.5, 0.6) is 11.5 Å². The Bertz CT molecular complexity index is 998. The number of phenolic OH excluding ortho intramolecular Hbond substituents is 2. The molecule has 3 rings (SSSR count). The summed E-state index contributed by atoms with van der Waals surface area (Å²) in [7, 11) is 1.54. The fourth-order valence-corrected chi connectivity index (χ4v) is 2.98. The van der Waals surface area contributed by atoms with Gasteiger partial charge in [0.05, 0.1) is 5.56 Å². The number of amides is 1. The van der Waals surface area contributed by atoms with Crippen LogP contribution in [0.2, 0.25) is 0 Å². The van der Waals surface area contributed by atoms with Gasteiger partial charge in [0, 0.05) is 43.7 Å². The zero-order chi connectivity index (χ0) is 21.4. The highest BCUT2D eigenvalue weighted by molar-refractivity contribution is 6.01. The minimum absolute atomic E-state index is 0.00745. The van der Waals surface area contributed by atoms with E-state index in [1.165, 1.54) is 7.05 Å². The van der Waals surface area contributed by atoms with E-state index in [1.807, 2.05) is 30.3 Å². The van der Waals surface area contributed by atoms with Gasteiger partial charge in [0.25, 0.3) is 5.91 Å². The average molecular weight is 393 g/mol. The zero-order valence-corrected chi connectivity index (χ0v) is 16.9. The topological polar surface area (TPSA) is 96.7 Å². The Balaban J connectivity index is 0.000000208. The molecule has 29 heavy (non-hydrogen) atoms. The number of hydrogen-bond acceptors (Lipinski definition) is 5. The molecule has 0 saturated heterocycles. The zero-order valence-electron chi connectivity index (χ0n) is 16.9. The Morgan fingerprint density at radius 3 is 2.14 bits per heavy atom. The number of fused-ring (bicyclic) bond motifs is 1. The van der Waals surface area contributed by atoms with E-state index in [0.29, 0.717) is 11.1 Å². The van der Waals surface area contributed by atoms with Gasteiger partial charge in [-0.05, 0) is 48.9 Å². The Labute approximate surface area is 170 Å². The molecule has 0 aliphatic rings. The van der Waals surface area contributed by atoms with E-state index in [1.54, 1.807) is 24.3 Å². The fourth-order valence-electron chi connectivity index (χ4n) is 2.98. The first-order valence-electron chi connectivity index (χ1n) is 9.47. The normalized spacial score (nSPS) is 10.0. The monoisotopic (exact) mass is 393 g/mol. The van der Waals surface area contributed by atoms with Crippen LogP contribution in [-0.4, -0.2) is 42.5 Å². The van der Waals surface area contributed by atoms with Crippen molar-refractivity contribution in [3.05, 3.63) is 65.7 Å². The van der Waals surface area contributed by atoms with Crippen molar-refractivity contribution < 1.29 is 15.0 Å². The first kappa shape index (κ1) is 21.8. The molecule has 0 aromatic heterocycles. The van der Waals surface area contributed by atoms with Gasteiger partial charge in [-0.25, -0.2) is 0 Å². The van der Waals surface area contributed by atoms with Gasteiger partial charge in [0.15, 0.2) is 0 Å². The summed E-state index contributed by atoms with van der Waals surface area (Å²) in [6.45, 7) is 5.98. The summed E-state index contributed by atoms with van der Waals surface area (Å²) < 4.78 is 0. The molecule has 0 bridgehead atoms. The molecule has 0 spiro atoms. The van der Waals surface area contributed by atoms with Crippen LogP contribution in [0.25, 0.3) is 10.8 Å². The van der Waals surface area contributed by atoms with Gasteiger partial charge in [0.1, 0.15) is 11.5 Å². The summed E-state index contributed by atoms with van der Waals surface area (Å²) in [5, 5.41) is 30.6. The third-order valence-corrected chi connectivity index (χ3v) is 4.63. The Hall–Kier alpha value is -3.54. The number of carbonyl (C=O) groups is 1. The van der Waals surface area contributed by atoms with E-state index in [-0.39, 0.29) is 17.4 Å². The standard InChI is InChI=1S/C12H11NO2.C11H16N2O/c1-13-12(15)10-6-8-4-2-3-5-9(8)7-11(10)14;1-3-13(4-2)10-6-5-9(8-12)11(14)7-10/h2-7,14H,1H3,(H,13,15);5-8,12,14H,3-4H2,1-2H3. The number of phenols is 2. The molecule has 0 atom stereocenters. The van der Waals surface area contributed by atoms with Crippen LogP contribution in [0.15, 0.2) is 54.6 Å². The molecule has 0 unspecified atom stereocenters. The molecule has 0 aliphatic heterocycles. The Kier molecular flexibility index (Phi) is 7.60. The maximum absolute atomic E-state index is 11.4. The predicted molar refractivity (Wildman–Crippen MR) is 119 cm³/mol. The van der Waals surface area contributed by atoms with Gasteiger partial charge < -0.3 is 25.8 Å². The number of benzene rings is 3. The SMILES string of the molecule is CCN(CC)c1ccc(C=N)c(O)c1.CNC(=O)c1cc2ccccc2cc1O. The van der Waals surface area contributed by atoms with Crippen LogP contribution in [0.3, 0.4) is 0 Å². The van der Waals surface area contributed by atoms with Crippen molar-refractivity contribution in [3.63, 3.8) is 0 Å². The first-order valence-corrected chi connectivity index (χ1v) is 9.47. The molecule has 3 aromatic rings. The summed E-state index contributed by atoms with van der Waals surface area (Å²) >= 11 is 0. The molecular weight excluding hydrogens is 366 g/mol. The summed E-state index contributed by atoms with van der Waals surface area (Å²) in [4.78, 5) is 13.6. The van der Waals surface area contributed by atoms with Crippen LogP contribution in [0, 0.1) is 5.41 Å². The van der Waals surface area contributed by atoms with E-state index >= 15 is 0 Å². The van der Waals surface area contributed by atoms with Crippen LogP contribution in [0.1, 0.15) is 29.8 Å². The van der Waals surface area contributed by atoms with Crippen molar-refractivity contribution in [2.24, 2.45) is 0 Å². The molecular formula is C23H27N3O3. The highest BCUT2D eigenvalue weighted by atomic mass is 16.3. The number of aromatic hydroxyl groups is 2. The van der Waals surface area contributed by atoms with Crippen molar-refractivity contribution >= 4 is 28.6 Å². The number of anilines is 1. The van der Waals surface area contributed by atoms with E-state index < -0.39 is 0 Å². The molecule has 0 heterocycles. The molecule has 0 radical (unpaired) electrons. The van der Waals surface area contributed by atoms with E-state index in [4.69, 9.17) is 5.41 Å². The number of nitrogens with zero attached hydrogens (tertiary/aromatic N) is 1. The van der Waals surface area contributed by atoms with Crippen LogP contribution < -0.4 is 10.2 Å². The highest BCUT2D eigenvalue weighted by Gasteiger charge is 2.10. The molecule has 0 saturated carbocycles. The number of hydrogen-bond donors (Lipinski definition) is 4. The quantitative estimate of drug-likeness (QED) is 0.490. The van der Waals surface area contributed by atoms with Gasteiger partial charge in [0.2, 0.25) is 0 Å². The molecule has 0 fully saturated rings. The second-order valence-electron chi connectivity index (χ2n) is 6.36. The Morgan fingerprint density at radius 2 is 1.62 bits per heavy atom. The second kappa shape index (κ2) is 10.1. The molecule has 152 valence electrons. The van der Waals surface area contributed by atoms with Crippen LogP contribution >= 0.6 is 0 Å². The number of rotatable bonds is 5. The highest BCUT2D eigenvalue weighted by Crippen LogP contribution is 2.25. The molecule has 3 aromatic carbocycles. The lowest BCUT2D eigenvalue weighted by molar-refractivity contribution is 0.0960. The van der Waals surface area contributed by atoms with E-state index in [2.05, 4.69) is 24.1 Å². The summed E-state index contributed by atoms with van der Waals surface area (Å²) in [5.41, 5.74) is 1.86. The summed E-state index contributed by atoms with van der Waals surface area (Å²) in [6, 6.07) is 16.2. The van der Waals surface area contributed by atoms with Crippen molar-refractivity contribution in [2.45, 2.75) is 13.8 Å². The third kappa shape index (κ3) is 5.25. The van der Waals surface area contributed by atoms with Gasteiger partial charge in [-0.15, -0.1) is 0 Å². The summed E-state index contributed by atoms with van der Waals surface area (Å²) in [6.07, 6.45) is 1.15. The second-order valence-corrected chi connectivity index (χ2v) is 6.36. The lowest BCUT2D eigenvalue weighted by atomic mass is 10.1. The van der Waals surface area contributed by atoms with Crippen molar-refractivity contribution in [1.82, 2.24) is 5.32 Å². The van der Waals surface area contributed by atoms with E-state index in [9.17, 15) is 15.0 Å². The van der Waals surface area contributed by atoms with E-state index in [0.717, 1.165) is 35.8 Å². The molecule has 0 aliphatic carbocycles. The predicted octanol–water partition coefficient (Wildman–Crippen LogP) is 4.14. The van der Waals surface area contributed by atoms with Crippen molar-refractivity contribution in [3.8, 4) is 11.5 Å². The summed E-state index contributed by atoms with van der Waals surface area (Å²) in [5.74, 6) is -0.101. The molecule has 4 N–H and O–H groups in total. The van der Waals surface area contributed by atoms with Crippen molar-refractivity contribution in [2.75, 3.05) is 25.0 Å². The van der Waals surface area contributed by atoms with Crippen molar-refractivity contribution in [1.29, 1.82) is 5.41 Å². The average Bonchev–Trinajstić information content (AvgIpc) is 2.74. The molecule has 6 heteroatoms. The largest absolute Gasteiger partial charge is 0.507 e. The van der Waals surface area contributed by atoms with Gasteiger partial charge in [-0.2, -0.15) is 0 Å². The number of nitrogens with one attached hydrogen (secondary N) is 2. The van der Waals surface area contributed by atoms with Gasteiger partial charge in [-0.1, -0.05) is 24.3 Å². The smallest absolute Gasteiger partial charge is 0.254 e. The van der Waals surface area contributed by atoms with Gasteiger partial charge in [-0.3, -0.25) is 4.79 Å². The maximum Gasteiger partial charge on any atom is 0.254 e. The minimum atomic E-state index is -0.279. The fraction of sp³-hybridized carbons (Fsp3) is 0.217. The van der Waals surface area contributed by atoms with Gasteiger partial charge >= 0.3 is 0 Å². The number of carbonyl (C=O) groups excluding carboxylic acids is 1. The van der Waals surface area contributed by atoms with Crippen LogP contribution in [0.4, 0.5) is 5.69 Å². The third-order valence-electron chi connectivity index (χ3n) is 4.63. The molecule has 6 nitrogen and oxygen atoms in total. The maximum atomic E-state index is 11.4. The van der Waals surface area contributed by atoms with Crippen LogP contribution in [-0.2, 0) is 0 Å².